The predicted molar refractivity (Wildman–Crippen MR) is 147 cm³/mol. The summed E-state index contributed by atoms with van der Waals surface area (Å²) in [5.41, 5.74) is 1.80. The molecule has 0 radical (unpaired) electrons. The molecule has 0 bridgehead atoms. The number of carbonyl (C=O) groups excluding carboxylic acids is 3. The SMILES string of the molecule is CCOC(=O)C(CCc1ccccc1)CC1(C(=O)N[C@H]2CCc3ccccc3N(CC(=O)O)C2=O)CCCC1. The van der Waals surface area contributed by atoms with Gasteiger partial charge < -0.3 is 15.2 Å². The van der Waals surface area contributed by atoms with Gasteiger partial charge in [-0.05, 0) is 69.1 Å². The number of anilines is 1. The minimum atomic E-state index is -1.12. The van der Waals surface area contributed by atoms with Gasteiger partial charge in [0.25, 0.3) is 0 Å². The number of ether oxygens (including phenoxy) is 1. The number of carbonyl (C=O) groups is 4. The van der Waals surface area contributed by atoms with E-state index in [1.54, 1.807) is 19.1 Å². The van der Waals surface area contributed by atoms with Gasteiger partial charge in [0.15, 0.2) is 0 Å². The molecule has 1 fully saturated rings. The molecule has 2 aliphatic rings. The van der Waals surface area contributed by atoms with Crippen LogP contribution in [-0.4, -0.2) is 48.1 Å². The molecule has 2 atom stereocenters. The first-order valence-corrected chi connectivity index (χ1v) is 14.0. The van der Waals surface area contributed by atoms with Crippen molar-refractivity contribution in [3.05, 3.63) is 65.7 Å². The summed E-state index contributed by atoms with van der Waals surface area (Å²) in [6.07, 6.45) is 5.58. The fourth-order valence-electron chi connectivity index (χ4n) is 6.06. The van der Waals surface area contributed by atoms with E-state index in [9.17, 15) is 24.3 Å². The van der Waals surface area contributed by atoms with E-state index in [4.69, 9.17) is 4.74 Å². The Morgan fingerprint density at radius 2 is 1.77 bits per heavy atom. The van der Waals surface area contributed by atoms with Crippen molar-refractivity contribution in [2.75, 3.05) is 18.1 Å². The van der Waals surface area contributed by atoms with E-state index in [-0.39, 0.29) is 18.5 Å². The molecular weight excluding hydrogens is 496 g/mol. The van der Waals surface area contributed by atoms with Crippen molar-refractivity contribution in [2.45, 2.75) is 70.8 Å². The molecule has 2 aromatic rings. The molecule has 1 aliphatic heterocycles. The van der Waals surface area contributed by atoms with Crippen LogP contribution in [0.15, 0.2) is 54.6 Å². The molecule has 1 aliphatic carbocycles. The third kappa shape index (κ3) is 6.85. The van der Waals surface area contributed by atoms with Gasteiger partial charge in [0.05, 0.1) is 17.9 Å². The van der Waals surface area contributed by atoms with Crippen molar-refractivity contribution in [1.82, 2.24) is 5.32 Å². The number of nitrogens with one attached hydrogen (secondary N) is 1. The Kier molecular flexibility index (Phi) is 9.38. The molecule has 2 N–H and O–H groups in total. The molecule has 39 heavy (non-hydrogen) atoms. The van der Waals surface area contributed by atoms with E-state index >= 15 is 0 Å². The smallest absolute Gasteiger partial charge is 0.323 e. The second-order valence-electron chi connectivity index (χ2n) is 10.7. The normalized spacial score (nSPS) is 19.1. The molecule has 1 unspecified atom stereocenters. The monoisotopic (exact) mass is 534 g/mol. The fourth-order valence-corrected chi connectivity index (χ4v) is 6.06. The first-order chi connectivity index (χ1) is 18.8. The van der Waals surface area contributed by atoms with Crippen LogP contribution in [0, 0.1) is 11.3 Å². The zero-order valence-corrected chi connectivity index (χ0v) is 22.6. The summed E-state index contributed by atoms with van der Waals surface area (Å²) in [4.78, 5) is 53.4. The van der Waals surface area contributed by atoms with Gasteiger partial charge in [0, 0.05) is 5.69 Å². The van der Waals surface area contributed by atoms with Crippen molar-refractivity contribution in [3.8, 4) is 0 Å². The van der Waals surface area contributed by atoms with Gasteiger partial charge in [0.1, 0.15) is 12.6 Å². The number of benzene rings is 2. The lowest BCUT2D eigenvalue weighted by Crippen LogP contribution is -2.53. The number of hydrogen-bond donors (Lipinski definition) is 2. The van der Waals surface area contributed by atoms with E-state index in [0.29, 0.717) is 50.6 Å². The van der Waals surface area contributed by atoms with Gasteiger partial charge in [-0.15, -0.1) is 0 Å². The van der Waals surface area contributed by atoms with Crippen molar-refractivity contribution in [2.24, 2.45) is 11.3 Å². The molecule has 2 amide bonds. The minimum absolute atomic E-state index is 0.228. The summed E-state index contributed by atoms with van der Waals surface area (Å²) in [7, 11) is 0. The summed E-state index contributed by atoms with van der Waals surface area (Å²) in [6.45, 7) is 1.58. The van der Waals surface area contributed by atoms with Crippen LogP contribution in [0.4, 0.5) is 5.69 Å². The number of aliphatic carboxylic acids is 1. The zero-order chi connectivity index (χ0) is 27.8. The van der Waals surface area contributed by atoms with Crippen molar-refractivity contribution in [1.29, 1.82) is 0 Å². The molecule has 2 aromatic carbocycles. The Bertz CT molecular complexity index is 1170. The standard InChI is InChI=1S/C31H38N2O6/c1-2-39-29(37)24(15-14-22-10-4-3-5-11-22)20-31(18-8-9-19-31)30(38)32-25-17-16-23-12-6-7-13-26(23)33(28(25)36)21-27(34)35/h3-7,10-13,24-25H,2,8-9,14-21H2,1H3,(H,32,38)(H,34,35)/t24?,25-/m0/s1. The molecule has 1 saturated carbocycles. The van der Waals surface area contributed by atoms with Crippen molar-refractivity contribution in [3.63, 3.8) is 0 Å². The Balaban J connectivity index is 1.53. The van der Waals surface area contributed by atoms with E-state index in [1.165, 1.54) is 4.90 Å². The third-order valence-corrected chi connectivity index (χ3v) is 8.07. The van der Waals surface area contributed by atoms with Crippen LogP contribution in [0.2, 0.25) is 0 Å². The summed E-state index contributed by atoms with van der Waals surface area (Å²) in [5.74, 6) is -2.50. The number of carboxylic acids is 1. The Hall–Kier alpha value is -3.68. The number of fused-ring (bicyclic) bond motifs is 1. The van der Waals surface area contributed by atoms with Gasteiger partial charge in [-0.25, -0.2) is 0 Å². The molecule has 208 valence electrons. The number of para-hydroxylation sites is 1. The highest BCUT2D eigenvalue weighted by Crippen LogP contribution is 2.45. The lowest BCUT2D eigenvalue weighted by molar-refractivity contribution is -0.150. The maximum Gasteiger partial charge on any atom is 0.323 e. The highest BCUT2D eigenvalue weighted by Gasteiger charge is 2.46. The molecule has 8 heteroatoms. The van der Waals surface area contributed by atoms with Crippen molar-refractivity contribution >= 4 is 29.4 Å². The van der Waals surface area contributed by atoms with Gasteiger partial charge in [-0.1, -0.05) is 61.4 Å². The Morgan fingerprint density at radius 1 is 1.08 bits per heavy atom. The third-order valence-electron chi connectivity index (χ3n) is 8.07. The molecule has 4 rings (SSSR count). The van der Waals surface area contributed by atoms with Crippen LogP contribution < -0.4 is 10.2 Å². The summed E-state index contributed by atoms with van der Waals surface area (Å²) in [5, 5.41) is 12.5. The highest BCUT2D eigenvalue weighted by molar-refractivity contribution is 6.03. The molecule has 0 aromatic heterocycles. The van der Waals surface area contributed by atoms with Gasteiger partial charge in [-0.2, -0.15) is 0 Å². The summed E-state index contributed by atoms with van der Waals surface area (Å²) in [6, 6.07) is 16.4. The quantitative estimate of drug-likeness (QED) is 0.416. The Labute approximate surface area is 229 Å². The van der Waals surface area contributed by atoms with Crippen LogP contribution in [0.3, 0.4) is 0 Å². The zero-order valence-electron chi connectivity index (χ0n) is 22.6. The van der Waals surface area contributed by atoms with Gasteiger partial charge in [0.2, 0.25) is 11.8 Å². The van der Waals surface area contributed by atoms with Crippen LogP contribution >= 0.6 is 0 Å². The highest BCUT2D eigenvalue weighted by atomic mass is 16.5. The summed E-state index contributed by atoms with van der Waals surface area (Å²) < 4.78 is 5.41. The molecule has 8 nitrogen and oxygen atoms in total. The van der Waals surface area contributed by atoms with Crippen LogP contribution in [0.5, 0.6) is 0 Å². The molecule has 0 spiro atoms. The number of nitrogens with zero attached hydrogens (tertiary/aromatic N) is 1. The second-order valence-corrected chi connectivity index (χ2v) is 10.7. The number of carboxylic acid groups (broad SMARTS) is 1. The average molecular weight is 535 g/mol. The molecular formula is C31H38N2O6. The van der Waals surface area contributed by atoms with Crippen LogP contribution in [0.25, 0.3) is 0 Å². The molecule has 0 saturated heterocycles. The average Bonchev–Trinajstić information content (AvgIpc) is 3.38. The predicted octanol–water partition coefficient (Wildman–Crippen LogP) is 4.30. The van der Waals surface area contributed by atoms with Crippen molar-refractivity contribution < 1.29 is 29.0 Å². The lowest BCUT2D eigenvalue weighted by Gasteiger charge is -2.33. The summed E-state index contributed by atoms with van der Waals surface area (Å²) >= 11 is 0. The van der Waals surface area contributed by atoms with E-state index < -0.39 is 35.8 Å². The fraction of sp³-hybridized carbons (Fsp3) is 0.484. The first-order valence-electron chi connectivity index (χ1n) is 14.0. The maximum absolute atomic E-state index is 13.9. The van der Waals surface area contributed by atoms with Crippen LogP contribution in [-0.2, 0) is 36.8 Å². The van der Waals surface area contributed by atoms with Crippen LogP contribution in [0.1, 0.15) is 63.0 Å². The number of aryl methyl sites for hydroxylation is 2. The maximum atomic E-state index is 13.9. The molecule has 1 heterocycles. The number of rotatable bonds is 11. The lowest BCUT2D eigenvalue weighted by atomic mass is 9.75. The number of hydrogen-bond acceptors (Lipinski definition) is 5. The number of esters is 1. The van der Waals surface area contributed by atoms with E-state index in [0.717, 1.165) is 24.0 Å². The number of amides is 2. The van der Waals surface area contributed by atoms with E-state index in [1.807, 2.05) is 42.5 Å². The first kappa shape index (κ1) is 28.3. The van der Waals surface area contributed by atoms with Gasteiger partial charge >= 0.3 is 11.9 Å². The van der Waals surface area contributed by atoms with Gasteiger partial charge in [-0.3, -0.25) is 24.1 Å². The largest absolute Gasteiger partial charge is 0.480 e. The second kappa shape index (κ2) is 12.9. The Morgan fingerprint density at radius 3 is 2.46 bits per heavy atom. The van der Waals surface area contributed by atoms with E-state index in [2.05, 4.69) is 5.32 Å². The topological polar surface area (TPSA) is 113 Å². The minimum Gasteiger partial charge on any atom is -0.480 e.